The van der Waals surface area contributed by atoms with Gasteiger partial charge in [-0.3, -0.25) is 4.79 Å². The molecular formula is C16H19ClN2O5. The lowest BCUT2D eigenvalue weighted by molar-refractivity contribution is -0.143. The van der Waals surface area contributed by atoms with E-state index in [1.807, 2.05) is 6.92 Å². The summed E-state index contributed by atoms with van der Waals surface area (Å²) >= 11 is 5.93. The van der Waals surface area contributed by atoms with Crippen molar-refractivity contribution in [2.24, 2.45) is 11.8 Å². The number of carbonyl (C=O) groups excluding carboxylic acids is 2. The molecule has 2 rings (SSSR count). The number of rotatable bonds is 3. The summed E-state index contributed by atoms with van der Waals surface area (Å²) in [5.41, 5.74) is 0.402. The maximum atomic E-state index is 12.5. The zero-order chi connectivity index (χ0) is 17.9. The van der Waals surface area contributed by atoms with Crippen LogP contribution in [0.3, 0.4) is 0 Å². The lowest BCUT2D eigenvalue weighted by Gasteiger charge is -2.34. The van der Waals surface area contributed by atoms with Crippen LogP contribution in [0.2, 0.25) is 5.02 Å². The summed E-state index contributed by atoms with van der Waals surface area (Å²) in [5.74, 6) is -2.04. The standard InChI is InChI=1S/C16H19ClN2O5/c1-9-5-10(14(20)21)8-19(7-9)16(23)18-13-6-11(17)3-4-12(13)15(22)24-2/h3-4,6,9-10H,5,7-8H2,1-2H3,(H,18,23)(H,20,21). The Morgan fingerprint density at radius 2 is 2.04 bits per heavy atom. The molecule has 130 valence electrons. The lowest BCUT2D eigenvalue weighted by Crippen LogP contribution is -2.47. The van der Waals surface area contributed by atoms with Crippen LogP contribution in [0.4, 0.5) is 10.5 Å². The minimum absolute atomic E-state index is 0.0741. The molecule has 7 nitrogen and oxygen atoms in total. The number of carboxylic acid groups (broad SMARTS) is 1. The van der Waals surface area contributed by atoms with Gasteiger partial charge in [0.15, 0.2) is 0 Å². The van der Waals surface area contributed by atoms with Crippen molar-refractivity contribution >= 4 is 35.3 Å². The number of esters is 1. The monoisotopic (exact) mass is 354 g/mol. The van der Waals surface area contributed by atoms with Crippen LogP contribution in [0, 0.1) is 11.8 Å². The van der Waals surface area contributed by atoms with Crippen molar-refractivity contribution < 1.29 is 24.2 Å². The number of ether oxygens (including phenoxy) is 1. The lowest BCUT2D eigenvalue weighted by atomic mass is 9.91. The number of urea groups is 1. The fourth-order valence-corrected chi connectivity index (χ4v) is 2.97. The predicted octanol–water partition coefficient (Wildman–Crippen LogP) is 2.70. The Morgan fingerprint density at radius 3 is 2.67 bits per heavy atom. The summed E-state index contributed by atoms with van der Waals surface area (Å²) < 4.78 is 4.68. The van der Waals surface area contributed by atoms with Crippen LogP contribution in [0.25, 0.3) is 0 Å². The number of anilines is 1. The van der Waals surface area contributed by atoms with Crippen LogP contribution in [-0.2, 0) is 9.53 Å². The third kappa shape index (κ3) is 4.17. The average Bonchev–Trinajstić information content (AvgIpc) is 2.53. The van der Waals surface area contributed by atoms with Gasteiger partial charge < -0.3 is 20.1 Å². The number of hydrogen-bond donors (Lipinski definition) is 2. The molecule has 24 heavy (non-hydrogen) atoms. The molecule has 2 atom stereocenters. The Hall–Kier alpha value is -2.28. The largest absolute Gasteiger partial charge is 0.481 e. The van der Waals surface area contributed by atoms with Gasteiger partial charge in [0.1, 0.15) is 0 Å². The number of benzene rings is 1. The highest BCUT2D eigenvalue weighted by Crippen LogP contribution is 2.25. The number of aliphatic carboxylic acids is 1. The first-order chi connectivity index (χ1) is 11.3. The third-order valence-corrected chi connectivity index (χ3v) is 4.16. The molecule has 1 fully saturated rings. The first-order valence-electron chi connectivity index (χ1n) is 7.48. The second kappa shape index (κ2) is 7.53. The van der Waals surface area contributed by atoms with Gasteiger partial charge in [0.05, 0.1) is 24.3 Å². The van der Waals surface area contributed by atoms with Gasteiger partial charge in [-0.25, -0.2) is 9.59 Å². The molecule has 0 saturated carbocycles. The molecule has 0 aliphatic carbocycles. The average molecular weight is 355 g/mol. The van der Waals surface area contributed by atoms with Crippen LogP contribution in [-0.4, -0.2) is 48.2 Å². The van der Waals surface area contributed by atoms with Crippen molar-refractivity contribution in [1.82, 2.24) is 4.90 Å². The fourth-order valence-electron chi connectivity index (χ4n) is 2.80. The number of nitrogens with zero attached hydrogens (tertiary/aromatic N) is 1. The quantitative estimate of drug-likeness (QED) is 0.813. The van der Waals surface area contributed by atoms with Crippen molar-refractivity contribution in [3.63, 3.8) is 0 Å². The Kier molecular flexibility index (Phi) is 5.66. The van der Waals surface area contributed by atoms with E-state index in [0.717, 1.165) is 0 Å². The zero-order valence-corrected chi connectivity index (χ0v) is 14.2. The van der Waals surface area contributed by atoms with Crippen LogP contribution < -0.4 is 5.32 Å². The second-order valence-corrected chi connectivity index (χ2v) is 6.33. The van der Waals surface area contributed by atoms with Gasteiger partial charge in [0.2, 0.25) is 0 Å². The molecule has 0 radical (unpaired) electrons. The molecular weight excluding hydrogens is 336 g/mol. The molecule has 1 saturated heterocycles. The Morgan fingerprint density at radius 1 is 1.33 bits per heavy atom. The highest BCUT2D eigenvalue weighted by Gasteiger charge is 2.32. The summed E-state index contributed by atoms with van der Waals surface area (Å²) in [5, 5.41) is 12.2. The van der Waals surface area contributed by atoms with Crippen LogP contribution in [0.5, 0.6) is 0 Å². The van der Waals surface area contributed by atoms with Gasteiger partial charge in [-0.1, -0.05) is 18.5 Å². The molecule has 0 spiro atoms. The van der Waals surface area contributed by atoms with Crippen LogP contribution in [0.1, 0.15) is 23.7 Å². The van der Waals surface area contributed by atoms with E-state index in [9.17, 15) is 19.5 Å². The van der Waals surface area contributed by atoms with Gasteiger partial charge in [-0.2, -0.15) is 0 Å². The van der Waals surface area contributed by atoms with Crippen molar-refractivity contribution in [3.05, 3.63) is 28.8 Å². The maximum Gasteiger partial charge on any atom is 0.339 e. The number of hydrogen-bond acceptors (Lipinski definition) is 4. The summed E-state index contributed by atoms with van der Waals surface area (Å²) in [6.45, 7) is 2.47. The second-order valence-electron chi connectivity index (χ2n) is 5.89. The normalized spacial score (nSPS) is 20.4. The van der Waals surface area contributed by atoms with E-state index < -0.39 is 23.9 Å². The number of nitrogens with one attached hydrogen (secondary N) is 1. The molecule has 2 amide bonds. The molecule has 0 aromatic heterocycles. The SMILES string of the molecule is COC(=O)c1ccc(Cl)cc1NC(=O)N1CC(C)CC(C(=O)O)C1. The summed E-state index contributed by atoms with van der Waals surface area (Å²) in [4.78, 5) is 36.9. The Balaban J connectivity index is 2.18. The maximum absolute atomic E-state index is 12.5. The van der Waals surface area contributed by atoms with E-state index >= 15 is 0 Å². The van der Waals surface area contributed by atoms with Crippen molar-refractivity contribution in [3.8, 4) is 0 Å². The van der Waals surface area contributed by atoms with E-state index in [-0.39, 0.29) is 23.7 Å². The van der Waals surface area contributed by atoms with Gasteiger partial charge in [-0.15, -0.1) is 0 Å². The molecule has 2 unspecified atom stereocenters. The molecule has 1 heterocycles. The van der Waals surface area contributed by atoms with E-state index in [4.69, 9.17) is 11.6 Å². The zero-order valence-electron chi connectivity index (χ0n) is 13.4. The molecule has 1 aromatic carbocycles. The number of carbonyl (C=O) groups is 3. The number of likely N-dealkylation sites (tertiary alicyclic amines) is 1. The minimum Gasteiger partial charge on any atom is -0.481 e. The summed E-state index contributed by atoms with van der Waals surface area (Å²) in [7, 11) is 1.24. The van der Waals surface area contributed by atoms with Gasteiger partial charge in [0, 0.05) is 18.1 Å². The van der Waals surface area contributed by atoms with E-state index in [0.29, 0.717) is 18.0 Å². The molecule has 0 bridgehead atoms. The van der Waals surface area contributed by atoms with Gasteiger partial charge in [0.25, 0.3) is 0 Å². The molecule has 1 aliphatic heterocycles. The third-order valence-electron chi connectivity index (χ3n) is 3.92. The first-order valence-corrected chi connectivity index (χ1v) is 7.86. The number of methoxy groups -OCH3 is 1. The highest BCUT2D eigenvalue weighted by atomic mass is 35.5. The summed E-state index contributed by atoms with van der Waals surface area (Å²) in [6, 6.07) is 3.96. The van der Waals surface area contributed by atoms with E-state index in [1.165, 1.54) is 30.2 Å². The van der Waals surface area contributed by atoms with Crippen molar-refractivity contribution in [1.29, 1.82) is 0 Å². The van der Waals surface area contributed by atoms with Gasteiger partial charge >= 0.3 is 18.0 Å². The topological polar surface area (TPSA) is 95.9 Å². The smallest absolute Gasteiger partial charge is 0.339 e. The van der Waals surface area contributed by atoms with Crippen molar-refractivity contribution in [2.45, 2.75) is 13.3 Å². The molecule has 8 heteroatoms. The van der Waals surface area contributed by atoms with Crippen molar-refractivity contribution in [2.75, 3.05) is 25.5 Å². The number of piperidine rings is 1. The van der Waals surface area contributed by atoms with Crippen LogP contribution >= 0.6 is 11.6 Å². The molecule has 2 N–H and O–H groups in total. The number of amides is 2. The predicted molar refractivity (Wildman–Crippen MR) is 88.3 cm³/mol. The van der Waals surface area contributed by atoms with Gasteiger partial charge in [-0.05, 0) is 30.5 Å². The van der Waals surface area contributed by atoms with E-state index in [1.54, 1.807) is 0 Å². The number of halogens is 1. The minimum atomic E-state index is -0.919. The first kappa shape index (κ1) is 18.1. The Bertz CT molecular complexity index is 664. The van der Waals surface area contributed by atoms with E-state index in [2.05, 4.69) is 10.1 Å². The number of carboxylic acids is 1. The highest BCUT2D eigenvalue weighted by molar-refractivity contribution is 6.31. The molecule has 1 aliphatic rings. The van der Waals surface area contributed by atoms with Crippen LogP contribution in [0.15, 0.2) is 18.2 Å². The molecule has 1 aromatic rings. The fraction of sp³-hybridized carbons (Fsp3) is 0.438. The Labute approximate surface area is 144 Å². The summed E-state index contributed by atoms with van der Waals surface area (Å²) in [6.07, 6.45) is 0.531.